The fraction of sp³-hybridized carbons (Fsp3) is 0.348. The topological polar surface area (TPSA) is 45.1 Å². The van der Waals surface area contributed by atoms with E-state index in [0.29, 0.717) is 18.1 Å². The van der Waals surface area contributed by atoms with Gasteiger partial charge in [-0.15, -0.1) is 0 Å². The molecular weight excluding hydrogens is 913 g/mol. The molecule has 3 saturated carbocycles. The molecule has 378 valence electrons. The smallest absolute Gasteiger partial charge is 0.253 e. The first-order valence-corrected chi connectivity index (χ1v) is 28.8. The second kappa shape index (κ2) is 20.6. The third-order valence-electron chi connectivity index (χ3n) is 18.3. The van der Waals surface area contributed by atoms with Crippen LogP contribution in [0.4, 0.5) is 17.1 Å². The van der Waals surface area contributed by atoms with Crippen molar-refractivity contribution in [2.24, 2.45) is 0 Å². The molecule has 0 radical (unpaired) electrons. The van der Waals surface area contributed by atoms with Gasteiger partial charge in [-0.2, -0.15) is 0 Å². The zero-order chi connectivity index (χ0) is 50.4. The largest absolute Gasteiger partial charge is 0.323 e. The number of para-hydroxylation sites is 3. The van der Waals surface area contributed by atoms with Crippen LogP contribution in [0.15, 0.2) is 164 Å². The highest BCUT2D eigenvalue weighted by molar-refractivity contribution is 6.02. The first kappa shape index (κ1) is 47.6. The van der Waals surface area contributed by atoms with Crippen LogP contribution in [0.1, 0.15) is 169 Å². The molecule has 3 atom stereocenters. The van der Waals surface area contributed by atoms with Crippen molar-refractivity contribution in [2.75, 3.05) is 16.0 Å². The molecular formula is C69H75N6+3. The van der Waals surface area contributed by atoms with Crippen LogP contribution in [0.3, 0.4) is 0 Å². The number of benzene rings is 7. The molecule has 0 unspecified atom stereocenters. The predicted octanol–water partition coefficient (Wildman–Crippen LogP) is 16.5. The Morgan fingerprint density at radius 1 is 0.293 bits per heavy atom. The third-order valence-corrected chi connectivity index (χ3v) is 18.3. The van der Waals surface area contributed by atoms with Gasteiger partial charge in [-0.05, 0) is 163 Å². The van der Waals surface area contributed by atoms with Crippen LogP contribution in [0, 0.1) is 0 Å². The molecule has 0 spiro atoms. The molecule has 0 bridgehead atoms. The lowest BCUT2D eigenvalue weighted by atomic mass is 9.90. The van der Waals surface area contributed by atoms with E-state index in [1.54, 1.807) is 0 Å². The van der Waals surface area contributed by atoms with Crippen molar-refractivity contribution in [3.05, 3.63) is 197 Å². The maximum absolute atomic E-state index is 4.01. The van der Waals surface area contributed by atoms with Crippen molar-refractivity contribution in [3.63, 3.8) is 0 Å². The van der Waals surface area contributed by atoms with E-state index in [-0.39, 0.29) is 18.5 Å². The van der Waals surface area contributed by atoms with Gasteiger partial charge in [-0.3, -0.25) is 0 Å². The number of anilines is 3. The lowest BCUT2D eigenvalue weighted by Gasteiger charge is -2.32. The summed E-state index contributed by atoms with van der Waals surface area (Å²) in [6, 6.07) is 64.1. The van der Waals surface area contributed by atoms with Gasteiger partial charge in [0.2, 0.25) is 0 Å². The van der Waals surface area contributed by atoms with Crippen molar-refractivity contribution in [2.45, 2.75) is 154 Å². The standard InChI is InChI=1S/C69H72N6/c1-46-61-25-13-16-28-64(61)70-67(73(46)58-19-7-4-8-20-58)52-37-31-49(32-38-52)55-43-56(50-33-39-53(40-34-50)68-71-65-29-17-14-26-62(65)47(2)74(68)59-21-9-5-10-22-59)45-57(44-55)51-35-41-54(42-36-51)69-72-66-30-18-15-27-63(66)48(3)75(69)60-23-11-6-12-24-60/h13-18,25-45,58-60,67-69H,4-12,19-24H2,1-3H3/p+3/t67-,68-,69-/m0/s1. The van der Waals surface area contributed by atoms with E-state index in [9.17, 15) is 0 Å². The summed E-state index contributed by atoms with van der Waals surface area (Å²) in [7, 11) is 0. The van der Waals surface area contributed by atoms with Crippen molar-refractivity contribution in [1.29, 1.82) is 0 Å². The lowest BCUT2D eigenvalue weighted by Crippen LogP contribution is -2.42. The Balaban J connectivity index is 0.870. The van der Waals surface area contributed by atoms with Crippen LogP contribution < -0.4 is 16.0 Å². The van der Waals surface area contributed by atoms with E-state index >= 15 is 0 Å². The Morgan fingerprint density at radius 2 is 0.547 bits per heavy atom. The maximum Gasteiger partial charge on any atom is 0.253 e. The Hall–Kier alpha value is -7.05. The molecule has 7 aromatic rings. The van der Waals surface area contributed by atoms with Gasteiger partial charge >= 0.3 is 0 Å². The minimum Gasteiger partial charge on any atom is -0.323 e. The fourth-order valence-corrected chi connectivity index (χ4v) is 14.4. The average molecular weight is 988 g/mol. The Labute approximate surface area is 446 Å². The minimum absolute atomic E-state index is 0.0843. The summed E-state index contributed by atoms with van der Waals surface area (Å²) in [5.41, 5.74) is 23.1. The Morgan fingerprint density at radius 3 is 0.813 bits per heavy atom. The van der Waals surface area contributed by atoms with Crippen molar-refractivity contribution in [1.82, 2.24) is 0 Å². The van der Waals surface area contributed by atoms with E-state index in [4.69, 9.17) is 0 Å². The first-order chi connectivity index (χ1) is 36.9. The van der Waals surface area contributed by atoms with Crippen molar-refractivity contribution < 1.29 is 13.7 Å². The van der Waals surface area contributed by atoms with E-state index in [2.05, 4.69) is 214 Å². The second-order valence-electron chi connectivity index (χ2n) is 22.8. The van der Waals surface area contributed by atoms with Crippen LogP contribution in [0.2, 0.25) is 0 Å². The van der Waals surface area contributed by atoms with Gasteiger partial charge in [-0.1, -0.05) is 92.1 Å². The van der Waals surface area contributed by atoms with Crippen LogP contribution in [0.5, 0.6) is 0 Å². The molecule has 3 N–H and O–H groups in total. The second-order valence-corrected chi connectivity index (χ2v) is 22.8. The number of rotatable bonds is 9. The highest BCUT2D eigenvalue weighted by Crippen LogP contribution is 2.41. The number of fused-ring (bicyclic) bond motifs is 3. The van der Waals surface area contributed by atoms with Gasteiger partial charge in [0.1, 0.15) is 0 Å². The minimum atomic E-state index is 0.0843. The molecule has 3 aliphatic heterocycles. The van der Waals surface area contributed by atoms with Crippen LogP contribution >= 0.6 is 0 Å². The summed E-state index contributed by atoms with van der Waals surface area (Å²) in [6.07, 6.45) is 19.6. The van der Waals surface area contributed by atoms with Gasteiger partial charge < -0.3 is 16.0 Å². The van der Waals surface area contributed by atoms with E-state index in [1.165, 1.54) is 197 Å². The molecule has 3 aliphatic carbocycles. The number of hydrogen-bond donors (Lipinski definition) is 3. The van der Waals surface area contributed by atoms with E-state index in [1.807, 2.05) is 0 Å². The number of nitrogens with one attached hydrogen (secondary N) is 3. The molecule has 6 aliphatic rings. The molecule has 0 saturated heterocycles. The van der Waals surface area contributed by atoms with Crippen molar-refractivity contribution in [3.8, 4) is 33.4 Å². The van der Waals surface area contributed by atoms with Crippen molar-refractivity contribution >= 4 is 34.2 Å². The molecule has 13 rings (SSSR count). The van der Waals surface area contributed by atoms with E-state index < -0.39 is 0 Å². The van der Waals surface area contributed by atoms with E-state index in [0.717, 1.165) is 0 Å². The van der Waals surface area contributed by atoms with Crippen LogP contribution in [-0.2, 0) is 0 Å². The summed E-state index contributed by atoms with van der Waals surface area (Å²) in [4.78, 5) is 0. The lowest BCUT2D eigenvalue weighted by molar-refractivity contribution is -0.606. The van der Waals surface area contributed by atoms with Gasteiger partial charge in [-0.25, -0.2) is 13.7 Å². The normalized spacial score (nSPS) is 21.4. The molecule has 7 aromatic carbocycles. The number of hydrogen-bond acceptors (Lipinski definition) is 3. The van der Waals surface area contributed by atoms with Crippen LogP contribution in [0.25, 0.3) is 33.4 Å². The van der Waals surface area contributed by atoms with Gasteiger partial charge in [0.05, 0.1) is 33.8 Å². The molecule has 6 nitrogen and oxygen atoms in total. The highest BCUT2D eigenvalue weighted by Gasteiger charge is 2.41. The summed E-state index contributed by atoms with van der Waals surface area (Å²) >= 11 is 0. The maximum atomic E-state index is 4.01. The molecule has 75 heavy (non-hydrogen) atoms. The summed E-state index contributed by atoms with van der Waals surface area (Å²) in [5, 5.41) is 12.0. The molecule has 0 amide bonds. The monoisotopic (exact) mass is 988 g/mol. The molecule has 3 heterocycles. The average Bonchev–Trinajstić information content (AvgIpc) is 3.48. The van der Waals surface area contributed by atoms with Gasteiger partial charge in [0, 0.05) is 76.0 Å². The summed E-state index contributed by atoms with van der Waals surface area (Å²) in [5.74, 6) is 0. The summed E-state index contributed by atoms with van der Waals surface area (Å²) < 4.78 is 8.15. The third kappa shape index (κ3) is 9.12. The fourth-order valence-electron chi connectivity index (χ4n) is 14.4. The molecule has 6 heteroatoms. The zero-order valence-corrected chi connectivity index (χ0v) is 44.5. The summed E-state index contributed by atoms with van der Waals surface area (Å²) in [6.45, 7) is 7.03. The van der Waals surface area contributed by atoms with Gasteiger partial charge in [0.15, 0.2) is 35.3 Å². The highest BCUT2D eigenvalue weighted by atomic mass is 15.3. The van der Waals surface area contributed by atoms with Crippen LogP contribution in [-0.4, -0.2) is 49.0 Å². The van der Waals surface area contributed by atoms with Gasteiger partial charge in [0.25, 0.3) is 18.5 Å². The molecule has 3 fully saturated rings. The number of nitrogens with zero attached hydrogens (tertiary/aromatic N) is 3. The molecule has 0 aromatic heterocycles. The zero-order valence-electron chi connectivity index (χ0n) is 44.5. The Bertz CT molecular complexity index is 2960. The predicted molar refractivity (Wildman–Crippen MR) is 312 cm³/mol. The Kier molecular flexibility index (Phi) is 13.1. The quantitative estimate of drug-likeness (QED) is 0.126. The SMILES string of the molecule is CC1=[N+](C2CCCCC2)[C@@H](c2ccc(-c3cc(-c4ccc([C@H]5Nc6ccccc6C(C)=[N+]5C5CCCCC5)cc4)cc(-c4ccc([C@H]5Nc6ccccc6C(C)=[N+]5C5CCCCC5)cc4)c3)cc2)Nc2ccccc21. The first-order valence-electron chi connectivity index (χ1n) is 28.8.